The molecule has 10 heteroatoms. The van der Waals surface area contributed by atoms with Crippen LogP contribution in [0.2, 0.25) is 0 Å². The normalized spacial score (nSPS) is 22.0. The van der Waals surface area contributed by atoms with Crippen molar-refractivity contribution in [2.45, 2.75) is 43.7 Å². The van der Waals surface area contributed by atoms with Crippen LogP contribution in [0.3, 0.4) is 0 Å². The lowest BCUT2D eigenvalue weighted by Gasteiger charge is -2.38. The molecule has 0 bridgehead atoms. The Labute approximate surface area is 159 Å². The average Bonchev–Trinajstić information content (AvgIpc) is 2.58. The van der Waals surface area contributed by atoms with Crippen molar-refractivity contribution in [3.05, 3.63) is 23.8 Å². The highest BCUT2D eigenvalue weighted by atomic mass is 19.1. The lowest BCUT2D eigenvalue weighted by Crippen LogP contribution is -2.47. The number of piperidine rings is 2. The van der Waals surface area contributed by atoms with E-state index in [-0.39, 0.29) is 56.1 Å². The van der Waals surface area contributed by atoms with Gasteiger partial charge < -0.3 is 20.4 Å². The van der Waals surface area contributed by atoms with E-state index in [1.165, 1.54) is 4.90 Å². The highest BCUT2D eigenvalue weighted by Crippen LogP contribution is 2.33. The standard InChI is InChI=1S/C18H21F2N3O5/c19-11-7-10(21-13-1-2-14(24)22-17(13)27)8-12(20)16(11)23-5-3-18(28,4-6-23)9-15(25)26/h7-8,13,21,28H,1-6,9H2,(H,25,26)(H,22,24,27). The monoisotopic (exact) mass is 397 g/mol. The Bertz CT molecular complexity index is 785. The molecule has 1 unspecified atom stereocenters. The van der Waals surface area contributed by atoms with Crippen molar-refractivity contribution in [1.29, 1.82) is 0 Å². The van der Waals surface area contributed by atoms with E-state index in [1.807, 2.05) is 0 Å². The number of anilines is 2. The molecule has 4 N–H and O–H groups in total. The molecule has 2 amide bonds. The highest BCUT2D eigenvalue weighted by Gasteiger charge is 2.36. The van der Waals surface area contributed by atoms with Gasteiger partial charge in [-0.05, 0) is 31.4 Å². The van der Waals surface area contributed by atoms with Gasteiger partial charge in [-0.25, -0.2) is 8.78 Å². The van der Waals surface area contributed by atoms with Crippen molar-refractivity contribution in [1.82, 2.24) is 5.32 Å². The summed E-state index contributed by atoms with van der Waals surface area (Å²) in [6, 6.07) is 1.38. The van der Waals surface area contributed by atoms with Gasteiger partial charge in [0, 0.05) is 25.2 Å². The van der Waals surface area contributed by atoms with Crippen molar-refractivity contribution in [2.75, 3.05) is 23.3 Å². The van der Waals surface area contributed by atoms with Crippen molar-refractivity contribution < 1.29 is 33.4 Å². The lowest BCUT2D eigenvalue weighted by atomic mass is 9.88. The zero-order chi connectivity index (χ0) is 20.5. The Morgan fingerprint density at radius 3 is 2.39 bits per heavy atom. The van der Waals surface area contributed by atoms with Crippen LogP contribution in [0.15, 0.2) is 12.1 Å². The van der Waals surface area contributed by atoms with Crippen LogP contribution in [0.1, 0.15) is 32.1 Å². The molecule has 0 aliphatic carbocycles. The summed E-state index contributed by atoms with van der Waals surface area (Å²) < 4.78 is 29.2. The van der Waals surface area contributed by atoms with Gasteiger partial charge in [0.1, 0.15) is 11.7 Å². The van der Waals surface area contributed by atoms with Gasteiger partial charge in [0.2, 0.25) is 11.8 Å². The van der Waals surface area contributed by atoms with Gasteiger partial charge in [-0.1, -0.05) is 0 Å². The molecule has 2 aliphatic heterocycles. The van der Waals surface area contributed by atoms with Crippen LogP contribution < -0.4 is 15.5 Å². The molecule has 2 saturated heterocycles. The highest BCUT2D eigenvalue weighted by molar-refractivity contribution is 6.01. The third kappa shape index (κ3) is 4.38. The Morgan fingerprint density at radius 1 is 1.25 bits per heavy atom. The van der Waals surface area contributed by atoms with E-state index in [2.05, 4.69) is 10.6 Å². The van der Waals surface area contributed by atoms with E-state index in [9.17, 15) is 28.3 Å². The van der Waals surface area contributed by atoms with Crippen molar-refractivity contribution >= 4 is 29.2 Å². The van der Waals surface area contributed by atoms with E-state index in [0.29, 0.717) is 0 Å². The van der Waals surface area contributed by atoms with Crippen LogP contribution in [-0.4, -0.2) is 52.7 Å². The van der Waals surface area contributed by atoms with Crippen LogP contribution in [-0.2, 0) is 14.4 Å². The molecule has 0 aromatic heterocycles. The Hall–Kier alpha value is -2.75. The SMILES string of the molecule is O=C(O)CC1(O)CCN(c2c(F)cc(NC3CCC(=O)NC3=O)cc2F)CC1. The van der Waals surface area contributed by atoms with Crippen molar-refractivity contribution in [3.8, 4) is 0 Å². The average molecular weight is 397 g/mol. The fraction of sp³-hybridized carbons (Fsp3) is 0.500. The van der Waals surface area contributed by atoms with Crippen molar-refractivity contribution in [2.24, 2.45) is 0 Å². The van der Waals surface area contributed by atoms with Crippen LogP contribution in [0.5, 0.6) is 0 Å². The number of carboxylic acids is 1. The maximum Gasteiger partial charge on any atom is 0.306 e. The maximum atomic E-state index is 14.6. The number of nitrogens with zero attached hydrogens (tertiary/aromatic N) is 1. The lowest BCUT2D eigenvalue weighted by molar-refractivity contribution is -0.143. The van der Waals surface area contributed by atoms with E-state index in [1.54, 1.807) is 0 Å². The second-order valence-corrected chi connectivity index (χ2v) is 7.22. The first-order chi connectivity index (χ1) is 13.2. The number of carboxylic acid groups (broad SMARTS) is 1. The molecule has 1 atom stereocenters. The number of hydrogen-bond donors (Lipinski definition) is 4. The van der Waals surface area contributed by atoms with E-state index in [4.69, 9.17) is 5.11 Å². The molecule has 1 aromatic rings. The Morgan fingerprint density at radius 2 is 1.86 bits per heavy atom. The number of imide groups is 1. The zero-order valence-corrected chi connectivity index (χ0v) is 15.0. The smallest absolute Gasteiger partial charge is 0.306 e. The summed E-state index contributed by atoms with van der Waals surface area (Å²) in [5.41, 5.74) is -1.57. The number of aliphatic hydroxyl groups is 1. The van der Waals surface area contributed by atoms with Crippen molar-refractivity contribution in [3.63, 3.8) is 0 Å². The van der Waals surface area contributed by atoms with Gasteiger partial charge in [-0.3, -0.25) is 19.7 Å². The number of carbonyl (C=O) groups excluding carboxylic acids is 2. The molecule has 2 aliphatic rings. The first kappa shape index (κ1) is 20.0. The number of benzene rings is 1. The molecule has 1 aromatic carbocycles. The second-order valence-electron chi connectivity index (χ2n) is 7.22. The molecule has 8 nitrogen and oxygen atoms in total. The van der Waals surface area contributed by atoms with Crippen LogP contribution in [0.25, 0.3) is 0 Å². The summed E-state index contributed by atoms with van der Waals surface area (Å²) >= 11 is 0. The predicted molar refractivity (Wildman–Crippen MR) is 94.8 cm³/mol. The van der Waals surface area contributed by atoms with E-state index < -0.39 is 41.6 Å². The number of halogens is 2. The topological polar surface area (TPSA) is 119 Å². The minimum Gasteiger partial charge on any atom is -0.481 e. The van der Waals surface area contributed by atoms with Gasteiger partial charge in [0.25, 0.3) is 0 Å². The number of hydrogen-bond acceptors (Lipinski definition) is 6. The fourth-order valence-electron chi connectivity index (χ4n) is 3.59. The summed E-state index contributed by atoms with van der Waals surface area (Å²) in [5.74, 6) is -3.73. The summed E-state index contributed by atoms with van der Waals surface area (Å²) in [6.07, 6.45) is 0.104. The van der Waals surface area contributed by atoms with E-state index >= 15 is 0 Å². The van der Waals surface area contributed by atoms with Gasteiger partial charge in [-0.2, -0.15) is 0 Å². The van der Waals surface area contributed by atoms with Crippen LogP contribution >= 0.6 is 0 Å². The fourth-order valence-corrected chi connectivity index (χ4v) is 3.59. The molecule has 2 heterocycles. The molecule has 2 fully saturated rings. The molecule has 0 spiro atoms. The first-order valence-corrected chi connectivity index (χ1v) is 8.95. The molecule has 28 heavy (non-hydrogen) atoms. The number of carbonyl (C=O) groups is 3. The molecule has 0 saturated carbocycles. The molecule has 0 radical (unpaired) electrons. The predicted octanol–water partition coefficient (Wildman–Crippen LogP) is 0.988. The molecular weight excluding hydrogens is 376 g/mol. The van der Waals surface area contributed by atoms with Crippen LogP contribution in [0.4, 0.5) is 20.2 Å². The molecular formula is C18H21F2N3O5. The summed E-state index contributed by atoms with van der Waals surface area (Å²) in [7, 11) is 0. The number of amides is 2. The summed E-state index contributed by atoms with van der Waals surface area (Å²) in [5, 5.41) is 24.0. The van der Waals surface area contributed by atoms with Gasteiger partial charge >= 0.3 is 5.97 Å². The number of nitrogens with one attached hydrogen (secondary N) is 2. The quantitative estimate of drug-likeness (QED) is 0.547. The maximum absolute atomic E-state index is 14.6. The first-order valence-electron chi connectivity index (χ1n) is 8.95. The minimum atomic E-state index is -1.39. The summed E-state index contributed by atoms with van der Waals surface area (Å²) in [4.78, 5) is 35.2. The second kappa shape index (κ2) is 7.70. The number of rotatable bonds is 5. The van der Waals surface area contributed by atoms with Gasteiger partial charge in [-0.15, -0.1) is 0 Å². The Balaban J connectivity index is 1.70. The molecule has 152 valence electrons. The third-order valence-electron chi connectivity index (χ3n) is 5.09. The minimum absolute atomic E-state index is 0.0765. The largest absolute Gasteiger partial charge is 0.481 e. The zero-order valence-electron chi connectivity index (χ0n) is 15.0. The number of aliphatic carboxylic acids is 1. The van der Waals surface area contributed by atoms with E-state index in [0.717, 1.165) is 12.1 Å². The van der Waals surface area contributed by atoms with Crippen LogP contribution in [0, 0.1) is 11.6 Å². The third-order valence-corrected chi connectivity index (χ3v) is 5.09. The molecule has 3 rings (SSSR count). The summed E-state index contributed by atoms with van der Waals surface area (Å²) in [6.45, 7) is 0.217. The van der Waals surface area contributed by atoms with Gasteiger partial charge in [0.05, 0.1) is 12.0 Å². The van der Waals surface area contributed by atoms with Gasteiger partial charge in [0.15, 0.2) is 11.6 Å². The Kier molecular flexibility index (Phi) is 5.50.